The lowest BCUT2D eigenvalue weighted by atomic mass is 9.98. The van der Waals surface area contributed by atoms with Gasteiger partial charge in [-0.3, -0.25) is 9.59 Å². The van der Waals surface area contributed by atoms with Crippen LogP contribution in [0.1, 0.15) is 52.4 Å². The lowest BCUT2D eigenvalue weighted by Gasteiger charge is -2.24. The first-order valence-electron chi connectivity index (χ1n) is 6.57. The maximum Gasteiger partial charge on any atom is 0.329 e. The summed E-state index contributed by atoms with van der Waals surface area (Å²) in [5.41, 5.74) is -1.61. The molecule has 6 heteroatoms. The average molecular weight is 273 g/mol. The van der Waals surface area contributed by atoms with E-state index < -0.39 is 23.2 Å². The van der Waals surface area contributed by atoms with Crippen LogP contribution in [0.5, 0.6) is 0 Å². The Labute approximate surface area is 113 Å². The number of carboxylic acids is 1. The third-order valence-electron chi connectivity index (χ3n) is 2.98. The molecular formula is C13H23NO5. The van der Waals surface area contributed by atoms with Crippen LogP contribution < -0.4 is 5.32 Å². The molecule has 0 saturated carbocycles. The molecule has 6 nitrogen and oxygen atoms in total. The summed E-state index contributed by atoms with van der Waals surface area (Å²) in [6, 6.07) is 0. The van der Waals surface area contributed by atoms with Crippen molar-refractivity contribution < 1.29 is 24.6 Å². The van der Waals surface area contributed by atoms with Crippen molar-refractivity contribution in [2.75, 3.05) is 6.61 Å². The van der Waals surface area contributed by atoms with Crippen molar-refractivity contribution in [2.45, 2.75) is 57.9 Å². The van der Waals surface area contributed by atoms with Gasteiger partial charge in [0.05, 0.1) is 0 Å². The first-order chi connectivity index (χ1) is 8.87. The van der Waals surface area contributed by atoms with Crippen molar-refractivity contribution in [2.24, 2.45) is 0 Å². The van der Waals surface area contributed by atoms with E-state index in [-0.39, 0.29) is 19.4 Å². The van der Waals surface area contributed by atoms with Crippen LogP contribution in [0.25, 0.3) is 0 Å². The number of aliphatic hydroxyl groups is 1. The minimum absolute atomic E-state index is 0.126. The van der Waals surface area contributed by atoms with Gasteiger partial charge in [0.2, 0.25) is 5.78 Å². The van der Waals surface area contributed by atoms with Gasteiger partial charge in [0.1, 0.15) is 5.54 Å². The minimum atomic E-state index is -1.61. The number of amides is 1. The van der Waals surface area contributed by atoms with E-state index >= 15 is 0 Å². The molecule has 0 aliphatic heterocycles. The second kappa shape index (κ2) is 8.63. The van der Waals surface area contributed by atoms with Crippen molar-refractivity contribution in [1.29, 1.82) is 0 Å². The lowest BCUT2D eigenvalue weighted by Crippen LogP contribution is -2.54. The van der Waals surface area contributed by atoms with Crippen LogP contribution in [-0.2, 0) is 14.4 Å². The Kier molecular flexibility index (Phi) is 7.98. The molecule has 0 aliphatic rings. The molecule has 0 rings (SSSR count). The van der Waals surface area contributed by atoms with Crippen LogP contribution in [0.3, 0.4) is 0 Å². The maximum atomic E-state index is 11.6. The highest BCUT2D eigenvalue weighted by atomic mass is 16.4. The van der Waals surface area contributed by atoms with Gasteiger partial charge in [-0.15, -0.1) is 0 Å². The number of aliphatic carboxylic acids is 1. The molecular weight excluding hydrogens is 250 g/mol. The summed E-state index contributed by atoms with van der Waals surface area (Å²) in [4.78, 5) is 34.2. The van der Waals surface area contributed by atoms with Crippen LogP contribution >= 0.6 is 0 Å². The molecule has 0 aliphatic carbocycles. The zero-order valence-corrected chi connectivity index (χ0v) is 11.6. The van der Waals surface area contributed by atoms with E-state index in [1.165, 1.54) is 6.92 Å². The van der Waals surface area contributed by atoms with Crippen molar-refractivity contribution in [3.8, 4) is 0 Å². The summed E-state index contributed by atoms with van der Waals surface area (Å²) in [5, 5.41) is 20.0. The van der Waals surface area contributed by atoms with Gasteiger partial charge in [-0.2, -0.15) is 0 Å². The molecule has 0 aromatic heterocycles. The highest BCUT2D eigenvalue weighted by Gasteiger charge is 2.35. The number of carbonyl (C=O) groups is 3. The Hall–Kier alpha value is -1.43. The zero-order chi connectivity index (χ0) is 14.9. The number of unbranched alkanes of at least 4 members (excludes halogenated alkanes) is 3. The molecule has 1 atom stereocenters. The Morgan fingerprint density at radius 3 is 2.26 bits per heavy atom. The number of hydrogen-bond acceptors (Lipinski definition) is 4. The third kappa shape index (κ3) is 6.33. The smallest absolute Gasteiger partial charge is 0.329 e. The molecule has 0 aromatic rings. The van der Waals surface area contributed by atoms with E-state index in [0.29, 0.717) is 6.42 Å². The summed E-state index contributed by atoms with van der Waals surface area (Å²) < 4.78 is 0. The topological polar surface area (TPSA) is 104 Å². The Bertz CT molecular complexity index is 329. The number of hydrogen-bond donors (Lipinski definition) is 3. The summed E-state index contributed by atoms with van der Waals surface area (Å²) in [6.45, 7) is 2.93. The minimum Gasteiger partial charge on any atom is -0.480 e. The largest absolute Gasteiger partial charge is 0.480 e. The first-order valence-corrected chi connectivity index (χ1v) is 6.57. The second-order valence-corrected chi connectivity index (χ2v) is 4.80. The number of aliphatic hydroxyl groups excluding tert-OH is 1. The van der Waals surface area contributed by atoms with E-state index in [9.17, 15) is 14.4 Å². The number of Topliss-reactive ketones (excluding diaryl/α,β-unsaturated/α-hetero) is 1. The van der Waals surface area contributed by atoms with Crippen LogP contribution in [0.4, 0.5) is 0 Å². The van der Waals surface area contributed by atoms with Crippen molar-refractivity contribution in [1.82, 2.24) is 5.32 Å². The van der Waals surface area contributed by atoms with Crippen LogP contribution in [0.2, 0.25) is 0 Å². The lowest BCUT2D eigenvalue weighted by molar-refractivity contribution is -0.149. The molecule has 3 N–H and O–H groups in total. The van der Waals surface area contributed by atoms with Gasteiger partial charge in [0.15, 0.2) is 0 Å². The predicted molar refractivity (Wildman–Crippen MR) is 69.7 cm³/mol. The fourth-order valence-corrected chi connectivity index (χ4v) is 1.59. The quantitative estimate of drug-likeness (QED) is 0.405. The van der Waals surface area contributed by atoms with Crippen LogP contribution in [0.15, 0.2) is 0 Å². The third-order valence-corrected chi connectivity index (χ3v) is 2.98. The molecule has 0 bridgehead atoms. The summed E-state index contributed by atoms with van der Waals surface area (Å²) in [6.07, 6.45) is 3.53. The number of carbonyl (C=O) groups excluding carboxylic acids is 2. The fourth-order valence-electron chi connectivity index (χ4n) is 1.59. The van der Waals surface area contributed by atoms with Gasteiger partial charge in [0.25, 0.3) is 5.91 Å². The van der Waals surface area contributed by atoms with E-state index in [4.69, 9.17) is 10.2 Å². The fraction of sp³-hybridized carbons (Fsp3) is 0.769. The van der Waals surface area contributed by atoms with Crippen molar-refractivity contribution >= 4 is 17.7 Å². The van der Waals surface area contributed by atoms with Gasteiger partial charge in [-0.1, -0.05) is 26.2 Å². The molecule has 0 spiro atoms. The standard InChI is InChI=1S/C13H23NO5/c1-3-4-5-6-7-10(16)11(17)14-13(2,8-9-15)12(18)19/h15H,3-9H2,1-2H3,(H,14,17)(H,18,19)/t13-/m1/s1. The maximum absolute atomic E-state index is 11.6. The molecule has 0 unspecified atom stereocenters. The van der Waals surface area contributed by atoms with E-state index in [2.05, 4.69) is 5.32 Å². The second-order valence-electron chi connectivity index (χ2n) is 4.80. The van der Waals surface area contributed by atoms with Gasteiger partial charge in [-0.05, 0) is 13.3 Å². The normalized spacial score (nSPS) is 13.6. The average Bonchev–Trinajstić information content (AvgIpc) is 2.34. The number of nitrogens with one attached hydrogen (secondary N) is 1. The monoisotopic (exact) mass is 273 g/mol. The van der Waals surface area contributed by atoms with Crippen LogP contribution in [-0.4, -0.2) is 40.0 Å². The van der Waals surface area contributed by atoms with Crippen molar-refractivity contribution in [3.63, 3.8) is 0 Å². The molecule has 0 fully saturated rings. The number of ketones is 1. The van der Waals surface area contributed by atoms with Gasteiger partial charge < -0.3 is 15.5 Å². The summed E-state index contributed by atoms with van der Waals surface area (Å²) in [7, 11) is 0. The molecule has 1 amide bonds. The summed E-state index contributed by atoms with van der Waals surface area (Å²) >= 11 is 0. The highest BCUT2D eigenvalue weighted by molar-refractivity contribution is 6.36. The molecule has 0 saturated heterocycles. The van der Waals surface area contributed by atoms with Gasteiger partial charge in [0, 0.05) is 19.4 Å². The molecule has 19 heavy (non-hydrogen) atoms. The number of rotatable bonds is 10. The molecule has 0 radical (unpaired) electrons. The Balaban J connectivity index is 4.32. The Morgan fingerprint density at radius 2 is 1.79 bits per heavy atom. The van der Waals surface area contributed by atoms with E-state index in [1.807, 2.05) is 6.92 Å². The first kappa shape index (κ1) is 17.6. The predicted octanol–water partition coefficient (Wildman–Crippen LogP) is 0.868. The number of carboxylic acid groups (broad SMARTS) is 1. The summed E-state index contributed by atoms with van der Waals surface area (Å²) in [5.74, 6) is -2.77. The van der Waals surface area contributed by atoms with Crippen molar-refractivity contribution in [3.05, 3.63) is 0 Å². The molecule has 0 heterocycles. The zero-order valence-electron chi connectivity index (χ0n) is 11.6. The van der Waals surface area contributed by atoms with Gasteiger partial charge >= 0.3 is 5.97 Å². The highest BCUT2D eigenvalue weighted by Crippen LogP contribution is 2.10. The van der Waals surface area contributed by atoms with Crippen LogP contribution in [0, 0.1) is 0 Å². The molecule has 110 valence electrons. The Morgan fingerprint density at radius 1 is 1.16 bits per heavy atom. The van der Waals surface area contributed by atoms with E-state index in [0.717, 1.165) is 19.3 Å². The van der Waals surface area contributed by atoms with Gasteiger partial charge in [-0.25, -0.2) is 4.79 Å². The van der Waals surface area contributed by atoms with E-state index in [1.54, 1.807) is 0 Å². The molecule has 0 aromatic carbocycles. The SMILES string of the molecule is CCCCCCC(=O)C(=O)N[C@](C)(CCO)C(=O)O.